The summed E-state index contributed by atoms with van der Waals surface area (Å²) in [5.41, 5.74) is 0.444. The van der Waals surface area contributed by atoms with E-state index in [-0.39, 0.29) is 34.5 Å². The zero-order valence-corrected chi connectivity index (χ0v) is 17.0. The van der Waals surface area contributed by atoms with Crippen LogP contribution in [0.15, 0.2) is 27.5 Å². The van der Waals surface area contributed by atoms with Crippen LogP contribution >= 0.6 is 0 Å². The van der Waals surface area contributed by atoms with Gasteiger partial charge in [0.25, 0.3) is 5.91 Å². The lowest BCUT2D eigenvalue weighted by Crippen LogP contribution is -2.38. The van der Waals surface area contributed by atoms with Crippen molar-refractivity contribution in [3.63, 3.8) is 0 Å². The minimum Gasteiger partial charge on any atom is -0.444 e. The number of nitrogens with one attached hydrogen (secondary N) is 1. The third-order valence-corrected chi connectivity index (χ3v) is 6.37. The number of amides is 1. The molecule has 152 valence electrons. The van der Waals surface area contributed by atoms with Crippen LogP contribution in [-0.2, 0) is 16.6 Å². The zero-order valence-electron chi connectivity index (χ0n) is 16.2. The summed E-state index contributed by atoms with van der Waals surface area (Å²) in [4.78, 5) is 18.6. The Bertz CT molecular complexity index is 979. The highest BCUT2D eigenvalue weighted by Gasteiger charge is 2.26. The predicted octanol–water partition coefficient (Wildman–Crippen LogP) is 2.78. The number of benzene rings is 1. The molecular weight excluding hydrogens is 385 g/mol. The number of likely N-dealkylation sites (tertiary alicyclic amines) is 1. The van der Waals surface area contributed by atoms with E-state index in [0.29, 0.717) is 24.8 Å². The van der Waals surface area contributed by atoms with Gasteiger partial charge in [0.1, 0.15) is 11.6 Å². The maximum Gasteiger partial charge on any atom is 0.276 e. The van der Waals surface area contributed by atoms with Crippen LogP contribution in [0.5, 0.6) is 0 Å². The van der Waals surface area contributed by atoms with Crippen LogP contribution in [0.25, 0.3) is 0 Å². The molecule has 2 aromatic rings. The van der Waals surface area contributed by atoms with Crippen molar-refractivity contribution >= 4 is 15.9 Å². The summed E-state index contributed by atoms with van der Waals surface area (Å²) < 4.78 is 46.0. The molecule has 1 fully saturated rings. The molecule has 0 atom stereocenters. The minimum absolute atomic E-state index is 0.0478. The highest BCUT2D eigenvalue weighted by atomic mass is 32.2. The Labute approximate surface area is 164 Å². The van der Waals surface area contributed by atoms with Crippen LogP contribution in [0.4, 0.5) is 4.39 Å². The molecule has 0 spiro atoms. The molecule has 0 radical (unpaired) electrons. The standard InChI is InChI=1S/C19H24FN3O4S/c1-12-6-8-23(9-7-12)19(24)18-14(3)27-17(22-18)11-21-28(25,26)15-4-5-16(20)13(2)10-15/h4-5,10,12,21H,6-9,11H2,1-3H3. The summed E-state index contributed by atoms with van der Waals surface area (Å²) in [6.45, 7) is 6.44. The lowest BCUT2D eigenvalue weighted by molar-refractivity contribution is 0.0690. The maximum absolute atomic E-state index is 13.4. The molecule has 1 N–H and O–H groups in total. The van der Waals surface area contributed by atoms with Crippen LogP contribution < -0.4 is 4.72 Å². The summed E-state index contributed by atoms with van der Waals surface area (Å²) in [6.07, 6.45) is 1.90. The number of sulfonamides is 1. The smallest absolute Gasteiger partial charge is 0.276 e. The number of nitrogens with zero attached hydrogens (tertiary/aromatic N) is 2. The Kier molecular flexibility index (Phi) is 5.85. The van der Waals surface area contributed by atoms with E-state index in [2.05, 4.69) is 16.6 Å². The highest BCUT2D eigenvalue weighted by molar-refractivity contribution is 7.89. The number of rotatable bonds is 5. The first-order valence-electron chi connectivity index (χ1n) is 9.19. The van der Waals surface area contributed by atoms with Crippen molar-refractivity contribution in [1.29, 1.82) is 0 Å². The molecule has 1 aliphatic rings. The van der Waals surface area contributed by atoms with Gasteiger partial charge in [-0.1, -0.05) is 6.92 Å². The molecule has 1 amide bonds. The van der Waals surface area contributed by atoms with Gasteiger partial charge in [0.15, 0.2) is 5.69 Å². The quantitative estimate of drug-likeness (QED) is 0.820. The summed E-state index contributed by atoms with van der Waals surface area (Å²) >= 11 is 0. The van der Waals surface area contributed by atoms with Gasteiger partial charge >= 0.3 is 0 Å². The number of oxazole rings is 1. The van der Waals surface area contributed by atoms with Crippen molar-refractivity contribution in [3.8, 4) is 0 Å². The molecule has 0 bridgehead atoms. The Hall–Kier alpha value is -2.26. The molecule has 0 saturated carbocycles. The third-order valence-electron chi connectivity index (χ3n) is 4.97. The zero-order chi connectivity index (χ0) is 20.5. The molecule has 1 saturated heterocycles. The van der Waals surface area contributed by atoms with Crippen molar-refractivity contribution in [3.05, 3.63) is 46.9 Å². The van der Waals surface area contributed by atoms with Gasteiger partial charge in [0, 0.05) is 13.1 Å². The molecule has 3 rings (SSSR count). The van der Waals surface area contributed by atoms with E-state index in [1.165, 1.54) is 19.1 Å². The maximum atomic E-state index is 13.4. The first-order chi connectivity index (χ1) is 13.2. The average molecular weight is 409 g/mol. The van der Waals surface area contributed by atoms with E-state index in [4.69, 9.17) is 4.42 Å². The molecule has 1 aliphatic heterocycles. The molecular formula is C19H24FN3O4S. The van der Waals surface area contributed by atoms with Crippen molar-refractivity contribution in [2.45, 2.75) is 45.1 Å². The molecule has 28 heavy (non-hydrogen) atoms. The van der Waals surface area contributed by atoms with E-state index >= 15 is 0 Å². The molecule has 1 aromatic heterocycles. The molecule has 0 unspecified atom stereocenters. The average Bonchev–Trinajstić information content (AvgIpc) is 3.03. The van der Waals surface area contributed by atoms with Crippen LogP contribution in [0.2, 0.25) is 0 Å². The van der Waals surface area contributed by atoms with Gasteiger partial charge in [0.2, 0.25) is 15.9 Å². The Morgan fingerprint density at radius 2 is 2.00 bits per heavy atom. The van der Waals surface area contributed by atoms with Crippen LogP contribution in [0, 0.1) is 25.6 Å². The fraction of sp³-hybridized carbons (Fsp3) is 0.474. The van der Waals surface area contributed by atoms with E-state index < -0.39 is 15.8 Å². The predicted molar refractivity (Wildman–Crippen MR) is 101 cm³/mol. The van der Waals surface area contributed by atoms with E-state index in [1.807, 2.05) is 0 Å². The number of aryl methyl sites for hydroxylation is 2. The minimum atomic E-state index is -3.86. The second-order valence-electron chi connectivity index (χ2n) is 7.22. The Balaban J connectivity index is 1.69. The van der Waals surface area contributed by atoms with Crippen LogP contribution in [0.1, 0.15) is 47.5 Å². The molecule has 2 heterocycles. The van der Waals surface area contributed by atoms with Crippen LogP contribution in [-0.4, -0.2) is 37.3 Å². The fourth-order valence-electron chi connectivity index (χ4n) is 3.11. The summed E-state index contributed by atoms with van der Waals surface area (Å²) in [5.74, 6) is 0.389. The first kappa shape index (κ1) is 20.5. The van der Waals surface area contributed by atoms with Gasteiger partial charge in [0.05, 0.1) is 11.4 Å². The SMILES string of the molecule is Cc1cc(S(=O)(=O)NCc2nc(C(=O)N3CCC(C)CC3)c(C)o2)ccc1F. The highest BCUT2D eigenvalue weighted by Crippen LogP contribution is 2.20. The second-order valence-corrected chi connectivity index (χ2v) is 8.99. The van der Waals surface area contributed by atoms with Crippen molar-refractivity contribution < 1.29 is 22.0 Å². The first-order valence-corrected chi connectivity index (χ1v) is 10.7. The van der Waals surface area contributed by atoms with Gasteiger partial charge in [-0.2, -0.15) is 0 Å². The lowest BCUT2D eigenvalue weighted by Gasteiger charge is -2.29. The van der Waals surface area contributed by atoms with Gasteiger partial charge in [-0.05, 0) is 56.4 Å². The van der Waals surface area contributed by atoms with E-state index in [1.54, 1.807) is 11.8 Å². The second kappa shape index (κ2) is 8.00. The summed E-state index contributed by atoms with van der Waals surface area (Å²) in [7, 11) is -3.86. The van der Waals surface area contributed by atoms with Crippen LogP contribution in [0.3, 0.4) is 0 Å². The van der Waals surface area contributed by atoms with Gasteiger partial charge in [-0.25, -0.2) is 22.5 Å². The molecule has 7 nitrogen and oxygen atoms in total. The van der Waals surface area contributed by atoms with E-state index in [9.17, 15) is 17.6 Å². The number of hydrogen-bond acceptors (Lipinski definition) is 5. The monoisotopic (exact) mass is 409 g/mol. The van der Waals surface area contributed by atoms with Crippen molar-refractivity contribution in [2.24, 2.45) is 5.92 Å². The van der Waals surface area contributed by atoms with Gasteiger partial charge in [-0.15, -0.1) is 0 Å². The number of carbonyl (C=O) groups is 1. The number of carbonyl (C=O) groups excluding carboxylic acids is 1. The Morgan fingerprint density at radius 1 is 1.32 bits per heavy atom. The lowest BCUT2D eigenvalue weighted by atomic mass is 9.99. The third kappa shape index (κ3) is 4.41. The summed E-state index contributed by atoms with van der Waals surface area (Å²) in [5, 5.41) is 0. The number of hydrogen-bond donors (Lipinski definition) is 1. The molecule has 9 heteroatoms. The Morgan fingerprint density at radius 3 is 2.64 bits per heavy atom. The van der Waals surface area contributed by atoms with E-state index in [0.717, 1.165) is 18.9 Å². The molecule has 1 aromatic carbocycles. The normalized spacial score (nSPS) is 15.8. The molecule has 0 aliphatic carbocycles. The topological polar surface area (TPSA) is 92.5 Å². The van der Waals surface area contributed by atoms with Crippen molar-refractivity contribution in [2.75, 3.05) is 13.1 Å². The van der Waals surface area contributed by atoms with Crippen molar-refractivity contribution in [1.82, 2.24) is 14.6 Å². The number of piperidine rings is 1. The summed E-state index contributed by atoms with van der Waals surface area (Å²) in [6, 6.07) is 3.55. The number of aromatic nitrogens is 1. The number of halogens is 1. The largest absolute Gasteiger partial charge is 0.444 e. The van der Waals surface area contributed by atoms with Gasteiger partial charge in [-0.3, -0.25) is 4.79 Å². The van der Waals surface area contributed by atoms with Gasteiger partial charge < -0.3 is 9.32 Å². The fourth-order valence-corrected chi connectivity index (χ4v) is 4.17.